The Morgan fingerprint density at radius 2 is 1.88 bits per heavy atom. The lowest BCUT2D eigenvalue weighted by Gasteiger charge is -2.33. The van der Waals surface area contributed by atoms with E-state index in [0.29, 0.717) is 30.4 Å². The lowest BCUT2D eigenvalue weighted by Crippen LogP contribution is -2.49. The number of hydrogen-bond acceptors (Lipinski definition) is 4. The lowest BCUT2D eigenvalue weighted by atomic mass is 10.1. The maximum absolute atomic E-state index is 12.4. The molecule has 1 aliphatic rings. The summed E-state index contributed by atoms with van der Waals surface area (Å²) in [6, 6.07) is 16.3. The van der Waals surface area contributed by atoms with Crippen molar-refractivity contribution in [3.8, 4) is 0 Å². The fourth-order valence-electron chi connectivity index (χ4n) is 2.82. The van der Waals surface area contributed by atoms with Crippen molar-refractivity contribution in [1.82, 2.24) is 4.90 Å². The third kappa shape index (κ3) is 4.59. The van der Waals surface area contributed by atoms with E-state index in [4.69, 9.17) is 16.3 Å². The number of nitrogens with one attached hydrogen (secondary N) is 1. The van der Waals surface area contributed by atoms with Gasteiger partial charge in [-0.1, -0.05) is 54.1 Å². The molecule has 0 radical (unpaired) electrons. The molecular weight excluding hydrogens is 340 g/mol. The molecule has 2 aromatic carbocycles. The van der Waals surface area contributed by atoms with Gasteiger partial charge in [-0.25, -0.2) is 0 Å². The van der Waals surface area contributed by atoms with Gasteiger partial charge in [-0.2, -0.15) is 0 Å². The van der Waals surface area contributed by atoms with E-state index in [1.54, 1.807) is 24.3 Å². The summed E-state index contributed by atoms with van der Waals surface area (Å²) in [5.74, 6) is -0.633. The van der Waals surface area contributed by atoms with Gasteiger partial charge in [-0.15, -0.1) is 0 Å². The maximum Gasteiger partial charge on any atom is 0.323 e. The molecule has 25 heavy (non-hydrogen) atoms. The highest BCUT2D eigenvalue weighted by molar-refractivity contribution is 6.33. The number of rotatable bonds is 5. The molecule has 1 atom stereocenters. The molecule has 1 N–H and O–H groups in total. The molecular formula is C19H19ClN2O3. The van der Waals surface area contributed by atoms with Crippen LogP contribution in [0.25, 0.3) is 0 Å². The van der Waals surface area contributed by atoms with Gasteiger partial charge in [0.05, 0.1) is 17.1 Å². The molecule has 0 aromatic heterocycles. The molecule has 1 aliphatic heterocycles. The van der Waals surface area contributed by atoms with Gasteiger partial charge < -0.3 is 10.1 Å². The van der Waals surface area contributed by atoms with Gasteiger partial charge in [0.15, 0.2) is 0 Å². The number of morpholine rings is 1. The molecule has 1 saturated heterocycles. The first-order valence-electron chi connectivity index (χ1n) is 8.12. The van der Waals surface area contributed by atoms with Crippen molar-refractivity contribution in [1.29, 1.82) is 0 Å². The van der Waals surface area contributed by atoms with Gasteiger partial charge in [-0.3, -0.25) is 14.5 Å². The van der Waals surface area contributed by atoms with Gasteiger partial charge in [0.2, 0.25) is 5.91 Å². The maximum atomic E-state index is 12.4. The van der Waals surface area contributed by atoms with E-state index in [-0.39, 0.29) is 18.3 Å². The van der Waals surface area contributed by atoms with Gasteiger partial charge in [0.25, 0.3) is 0 Å². The Bertz CT molecular complexity index is 751. The molecule has 0 bridgehead atoms. The van der Waals surface area contributed by atoms with Crippen molar-refractivity contribution in [3.63, 3.8) is 0 Å². The molecule has 0 saturated carbocycles. The van der Waals surface area contributed by atoms with E-state index >= 15 is 0 Å². The zero-order valence-corrected chi connectivity index (χ0v) is 14.4. The summed E-state index contributed by atoms with van der Waals surface area (Å²) in [6.45, 7) is 1.54. The topological polar surface area (TPSA) is 58.6 Å². The molecule has 2 aromatic rings. The molecule has 130 valence electrons. The number of amides is 1. The number of nitrogens with zero attached hydrogens (tertiary/aromatic N) is 1. The van der Waals surface area contributed by atoms with Crippen molar-refractivity contribution in [2.45, 2.75) is 19.0 Å². The summed E-state index contributed by atoms with van der Waals surface area (Å²) in [5.41, 5.74) is 1.63. The Morgan fingerprint density at radius 3 is 2.64 bits per heavy atom. The predicted molar refractivity (Wildman–Crippen MR) is 96.3 cm³/mol. The number of benzene rings is 2. The number of para-hydroxylation sites is 1. The molecule has 0 unspecified atom stereocenters. The van der Waals surface area contributed by atoms with Crippen LogP contribution in [0.4, 0.5) is 5.69 Å². The first-order valence-corrected chi connectivity index (χ1v) is 8.50. The fraction of sp³-hybridized carbons (Fsp3) is 0.263. The molecule has 1 heterocycles. The number of esters is 1. The Labute approximate surface area is 151 Å². The summed E-state index contributed by atoms with van der Waals surface area (Å²) in [4.78, 5) is 26.5. The highest BCUT2D eigenvalue weighted by atomic mass is 35.5. The van der Waals surface area contributed by atoms with Gasteiger partial charge in [0, 0.05) is 13.1 Å². The zero-order chi connectivity index (χ0) is 17.6. The molecule has 3 rings (SSSR count). The van der Waals surface area contributed by atoms with E-state index < -0.39 is 6.04 Å². The minimum absolute atomic E-state index is 0.0247. The van der Waals surface area contributed by atoms with E-state index in [0.717, 1.165) is 5.56 Å². The number of ether oxygens (including phenoxy) is 1. The van der Waals surface area contributed by atoms with Crippen molar-refractivity contribution < 1.29 is 14.3 Å². The minimum atomic E-state index is -0.601. The van der Waals surface area contributed by atoms with Crippen LogP contribution in [0.1, 0.15) is 12.0 Å². The summed E-state index contributed by atoms with van der Waals surface area (Å²) in [6.07, 6.45) is 0.0247. The Balaban J connectivity index is 1.67. The second-order valence-electron chi connectivity index (χ2n) is 5.87. The summed E-state index contributed by atoms with van der Waals surface area (Å²) in [5, 5.41) is 3.22. The predicted octanol–water partition coefficient (Wildman–Crippen LogP) is 3.10. The summed E-state index contributed by atoms with van der Waals surface area (Å²) < 4.78 is 5.15. The number of carbonyl (C=O) groups excluding carboxylic acids is 2. The normalized spacial score (nSPS) is 17.8. The second kappa shape index (κ2) is 8.14. The summed E-state index contributed by atoms with van der Waals surface area (Å²) in [7, 11) is 0. The fourth-order valence-corrected chi connectivity index (χ4v) is 3.01. The minimum Gasteiger partial charge on any atom is -0.463 e. The number of hydrogen-bond donors (Lipinski definition) is 1. The van der Waals surface area contributed by atoms with Crippen LogP contribution in [0.3, 0.4) is 0 Å². The average molecular weight is 359 g/mol. The van der Waals surface area contributed by atoms with Crippen LogP contribution in [-0.4, -0.2) is 36.0 Å². The zero-order valence-electron chi connectivity index (χ0n) is 13.7. The Kier molecular flexibility index (Phi) is 5.68. The van der Waals surface area contributed by atoms with Crippen molar-refractivity contribution in [2.24, 2.45) is 0 Å². The molecule has 0 aliphatic carbocycles. The number of cyclic esters (lactones) is 1. The van der Waals surface area contributed by atoms with Gasteiger partial charge in [-0.05, 0) is 17.7 Å². The molecule has 0 spiro atoms. The van der Waals surface area contributed by atoms with Crippen LogP contribution < -0.4 is 5.32 Å². The molecule has 1 fully saturated rings. The van der Waals surface area contributed by atoms with Crippen LogP contribution in [0, 0.1) is 0 Å². The van der Waals surface area contributed by atoms with Crippen LogP contribution in [0.15, 0.2) is 54.6 Å². The van der Waals surface area contributed by atoms with E-state index in [2.05, 4.69) is 5.32 Å². The van der Waals surface area contributed by atoms with Crippen LogP contribution in [0.2, 0.25) is 5.02 Å². The third-order valence-electron chi connectivity index (χ3n) is 4.09. The monoisotopic (exact) mass is 358 g/mol. The SMILES string of the molecule is O=C(C[C@H]1C(=O)OCCN1Cc1ccccc1)Nc1ccccc1Cl. The number of anilines is 1. The Hall–Kier alpha value is -2.37. The van der Waals surface area contributed by atoms with Crippen LogP contribution in [0.5, 0.6) is 0 Å². The van der Waals surface area contributed by atoms with Crippen LogP contribution >= 0.6 is 11.6 Å². The van der Waals surface area contributed by atoms with Gasteiger partial charge in [0.1, 0.15) is 12.6 Å². The van der Waals surface area contributed by atoms with Crippen LogP contribution in [-0.2, 0) is 20.9 Å². The highest BCUT2D eigenvalue weighted by Gasteiger charge is 2.33. The highest BCUT2D eigenvalue weighted by Crippen LogP contribution is 2.22. The third-order valence-corrected chi connectivity index (χ3v) is 4.42. The van der Waals surface area contributed by atoms with Crippen molar-refractivity contribution in [2.75, 3.05) is 18.5 Å². The molecule has 6 heteroatoms. The van der Waals surface area contributed by atoms with E-state index in [1.807, 2.05) is 35.2 Å². The summed E-state index contributed by atoms with van der Waals surface area (Å²) >= 11 is 6.06. The first kappa shape index (κ1) is 17.5. The Morgan fingerprint density at radius 1 is 1.16 bits per heavy atom. The standard InChI is InChI=1S/C19H19ClN2O3/c20-15-8-4-5-9-16(15)21-18(23)12-17-19(24)25-11-10-22(17)13-14-6-2-1-3-7-14/h1-9,17H,10-13H2,(H,21,23)/t17-/m0/s1. The van der Waals surface area contributed by atoms with E-state index in [9.17, 15) is 9.59 Å². The second-order valence-corrected chi connectivity index (χ2v) is 6.28. The first-order chi connectivity index (χ1) is 12.1. The number of halogens is 1. The number of carbonyl (C=O) groups is 2. The smallest absolute Gasteiger partial charge is 0.323 e. The van der Waals surface area contributed by atoms with Crippen molar-refractivity contribution in [3.05, 3.63) is 65.2 Å². The van der Waals surface area contributed by atoms with Gasteiger partial charge >= 0.3 is 5.97 Å². The molecule has 5 nitrogen and oxygen atoms in total. The lowest BCUT2D eigenvalue weighted by molar-refractivity contribution is -0.159. The largest absolute Gasteiger partial charge is 0.463 e. The molecule has 1 amide bonds. The van der Waals surface area contributed by atoms with E-state index in [1.165, 1.54) is 0 Å². The van der Waals surface area contributed by atoms with Crippen molar-refractivity contribution >= 4 is 29.2 Å². The quantitative estimate of drug-likeness (QED) is 0.834. The average Bonchev–Trinajstić information content (AvgIpc) is 2.61.